The fourth-order valence-corrected chi connectivity index (χ4v) is 0.810. The van der Waals surface area contributed by atoms with Gasteiger partial charge in [0.25, 0.3) is 0 Å². The van der Waals surface area contributed by atoms with E-state index in [0.717, 1.165) is 0 Å². The second-order valence-corrected chi connectivity index (χ2v) is 2.52. The lowest BCUT2D eigenvalue weighted by molar-refractivity contribution is 0.894. The molecule has 0 rings (SSSR count). The summed E-state index contributed by atoms with van der Waals surface area (Å²) in [6.07, 6.45) is 11.3. The fourth-order valence-electron chi connectivity index (χ4n) is 0.810. The van der Waals surface area contributed by atoms with E-state index in [4.69, 9.17) is 0 Å². The summed E-state index contributed by atoms with van der Waals surface area (Å²) in [6.45, 7) is 13.1. The molecule has 64 valence electrons. The first-order valence-corrected chi connectivity index (χ1v) is 4.00. The monoisotopic (exact) mass is 160 g/mol. The fraction of sp³-hybridized carbons (Fsp3) is 0.167. The molecule has 0 aromatic heterocycles. The first-order chi connectivity index (χ1) is 5.76. The van der Waals surface area contributed by atoms with Crippen LogP contribution in [0.1, 0.15) is 6.92 Å². The van der Waals surface area contributed by atoms with Crippen LogP contribution in [0.15, 0.2) is 61.8 Å². The second kappa shape index (κ2) is 6.41. The van der Waals surface area contributed by atoms with E-state index in [-0.39, 0.29) is 0 Å². The topological polar surface area (TPSA) is 0 Å². The lowest BCUT2D eigenvalue weighted by Gasteiger charge is -2.05. The van der Waals surface area contributed by atoms with Crippen LogP contribution in [0.5, 0.6) is 0 Å². The Morgan fingerprint density at radius 3 is 2.25 bits per heavy atom. The lowest BCUT2D eigenvalue weighted by atomic mass is 10.0. The maximum Gasteiger partial charge on any atom is -0.00131 e. The van der Waals surface area contributed by atoms with E-state index in [9.17, 15) is 0 Å². The van der Waals surface area contributed by atoms with Crippen molar-refractivity contribution in [3.63, 3.8) is 0 Å². The van der Waals surface area contributed by atoms with Gasteiger partial charge in [0, 0.05) is 0 Å². The molecule has 0 radical (unpaired) electrons. The molecule has 12 heavy (non-hydrogen) atoms. The van der Waals surface area contributed by atoms with Gasteiger partial charge < -0.3 is 0 Å². The van der Waals surface area contributed by atoms with Gasteiger partial charge in [0.2, 0.25) is 0 Å². The van der Waals surface area contributed by atoms with Crippen LogP contribution in [0.3, 0.4) is 0 Å². The molecule has 0 saturated heterocycles. The molecule has 0 nitrogen and oxygen atoms in total. The Balaban J connectivity index is 4.53. The van der Waals surface area contributed by atoms with Gasteiger partial charge in [-0.15, -0.1) is 6.58 Å². The van der Waals surface area contributed by atoms with Gasteiger partial charge in [0.15, 0.2) is 0 Å². The highest BCUT2D eigenvalue weighted by molar-refractivity contribution is 5.29. The molecule has 0 aromatic carbocycles. The van der Waals surface area contributed by atoms with Crippen molar-refractivity contribution < 1.29 is 0 Å². The predicted molar refractivity (Wildman–Crippen MR) is 57.0 cm³/mol. The molecule has 0 heterocycles. The summed E-state index contributed by atoms with van der Waals surface area (Å²) in [5.41, 5.74) is 1.19. The molecule has 0 fully saturated rings. The SMILES string of the molecule is C=C/C=C\C(=C/C=C)C(C)C=C. The summed E-state index contributed by atoms with van der Waals surface area (Å²) in [5, 5.41) is 0. The van der Waals surface area contributed by atoms with E-state index in [0.29, 0.717) is 5.92 Å². The zero-order valence-corrected chi connectivity index (χ0v) is 7.66. The molecule has 1 atom stereocenters. The van der Waals surface area contributed by atoms with E-state index >= 15 is 0 Å². The van der Waals surface area contributed by atoms with Crippen molar-refractivity contribution >= 4 is 0 Å². The van der Waals surface area contributed by atoms with Crippen molar-refractivity contribution in [2.45, 2.75) is 6.92 Å². The van der Waals surface area contributed by atoms with Crippen LogP contribution in [0.25, 0.3) is 0 Å². The molecule has 0 bridgehead atoms. The highest BCUT2D eigenvalue weighted by Gasteiger charge is 1.97. The maximum absolute atomic E-state index is 3.74. The molecule has 0 saturated carbocycles. The molecule has 0 aliphatic rings. The first-order valence-electron chi connectivity index (χ1n) is 4.00. The number of allylic oxidation sites excluding steroid dienone is 7. The van der Waals surface area contributed by atoms with E-state index in [2.05, 4.69) is 26.7 Å². The van der Waals surface area contributed by atoms with Crippen molar-refractivity contribution in [3.05, 3.63) is 61.8 Å². The van der Waals surface area contributed by atoms with Gasteiger partial charge in [0.1, 0.15) is 0 Å². The zero-order chi connectivity index (χ0) is 9.40. The average molecular weight is 160 g/mol. The molecule has 0 amide bonds. The van der Waals surface area contributed by atoms with Gasteiger partial charge >= 0.3 is 0 Å². The molecular weight excluding hydrogens is 144 g/mol. The Morgan fingerprint density at radius 1 is 1.17 bits per heavy atom. The summed E-state index contributed by atoms with van der Waals surface area (Å²) >= 11 is 0. The van der Waals surface area contributed by atoms with Crippen LogP contribution in [-0.2, 0) is 0 Å². The summed E-state index contributed by atoms with van der Waals surface area (Å²) in [5.74, 6) is 0.360. The molecule has 0 aliphatic carbocycles. The van der Waals surface area contributed by atoms with Crippen LogP contribution >= 0.6 is 0 Å². The Hall–Kier alpha value is -1.30. The third-order valence-corrected chi connectivity index (χ3v) is 1.61. The summed E-state index contributed by atoms with van der Waals surface area (Å²) in [6, 6.07) is 0. The zero-order valence-electron chi connectivity index (χ0n) is 7.66. The Bertz CT molecular complexity index is 216. The van der Waals surface area contributed by atoms with Gasteiger partial charge in [-0.25, -0.2) is 0 Å². The molecule has 0 N–H and O–H groups in total. The standard InChI is InChI=1S/C12H16/c1-5-8-10-12(9-6-2)11(4)7-3/h5-11H,1-3H2,4H3/b10-8-,12-9+. The highest BCUT2D eigenvalue weighted by atomic mass is 14.0. The second-order valence-electron chi connectivity index (χ2n) is 2.52. The maximum atomic E-state index is 3.74. The summed E-state index contributed by atoms with van der Waals surface area (Å²) < 4.78 is 0. The summed E-state index contributed by atoms with van der Waals surface area (Å²) in [4.78, 5) is 0. The van der Waals surface area contributed by atoms with Crippen molar-refractivity contribution in [1.82, 2.24) is 0 Å². The minimum atomic E-state index is 0.360. The normalized spacial score (nSPS) is 14.2. The molecule has 0 heteroatoms. The largest absolute Gasteiger partial charge is 0.102 e. The molecule has 0 aliphatic heterocycles. The minimum Gasteiger partial charge on any atom is -0.102 e. The third kappa shape index (κ3) is 3.77. The molecular formula is C12H16. The lowest BCUT2D eigenvalue weighted by Crippen LogP contribution is -1.90. The van der Waals surface area contributed by atoms with Crippen LogP contribution in [-0.4, -0.2) is 0 Å². The van der Waals surface area contributed by atoms with Gasteiger partial charge in [-0.2, -0.15) is 0 Å². The van der Waals surface area contributed by atoms with Gasteiger partial charge in [0.05, 0.1) is 0 Å². The first kappa shape index (κ1) is 10.7. The predicted octanol–water partition coefficient (Wildman–Crippen LogP) is 3.66. The number of rotatable bonds is 5. The van der Waals surface area contributed by atoms with Crippen LogP contribution in [0.4, 0.5) is 0 Å². The van der Waals surface area contributed by atoms with E-state index in [1.165, 1.54) is 5.57 Å². The van der Waals surface area contributed by atoms with Gasteiger partial charge in [-0.3, -0.25) is 0 Å². The minimum absolute atomic E-state index is 0.360. The van der Waals surface area contributed by atoms with Gasteiger partial charge in [-0.05, 0) is 11.5 Å². The van der Waals surface area contributed by atoms with Crippen LogP contribution < -0.4 is 0 Å². The summed E-state index contributed by atoms with van der Waals surface area (Å²) in [7, 11) is 0. The number of hydrogen-bond acceptors (Lipinski definition) is 0. The highest BCUT2D eigenvalue weighted by Crippen LogP contribution is 2.12. The Morgan fingerprint density at radius 2 is 1.83 bits per heavy atom. The smallest absolute Gasteiger partial charge is 0.00131 e. The van der Waals surface area contributed by atoms with Crippen LogP contribution in [0.2, 0.25) is 0 Å². The van der Waals surface area contributed by atoms with Crippen LogP contribution in [0, 0.1) is 5.92 Å². The number of hydrogen-bond donors (Lipinski definition) is 0. The quantitative estimate of drug-likeness (QED) is 0.425. The Labute approximate surface area is 75.3 Å². The van der Waals surface area contributed by atoms with E-state index in [1.807, 2.05) is 24.3 Å². The third-order valence-electron chi connectivity index (χ3n) is 1.61. The average Bonchev–Trinajstić information content (AvgIpc) is 2.11. The van der Waals surface area contributed by atoms with Crippen molar-refractivity contribution in [2.75, 3.05) is 0 Å². The van der Waals surface area contributed by atoms with Gasteiger partial charge in [-0.1, -0.05) is 56.5 Å². The van der Waals surface area contributed by atoms with E-state index in [1.54, 1.807) is 12.2 Å². The Kier molecular flexibility index (Phi) is 5.72. The molecule has 1 unspecified atom stereocenters. The molecule has 0 aromatic rings. The van der Waals surface area contributed by atoms with Crippen molar-refractivity contribution in [3.8, 4) is 0 Å². The van der Waals surface area contributed by atoms with Crippen molar-refractivity contribution in [1.29, 1.82) is 0 Å². The molecule has 0 spiro atoms. The van der Waals surface area contributed by atoms with E-state index < -0.39 is 0 Å². The van der Waals surface area contributed by atoms with Crippen molar-refractivity contribution in [2.24, 2.45) is 5.92 Å².